The lowest BCUT2D eigenvalue weighted by atomic mass is 10.0. The van der Waals surface area contributed by atoms with Crippen LogP contribution in [0.2, 0.25) is 0 Å². The Bertz CT molecular complexity index is 446. The number of hydrogen-bond acceptors (Lipinski definition) is 4. The van der Waals surface area contributed by atoms with E-state index in [0.717, 1.165) is 0 Å². The molecule has 7 heteroatoms. The number of aliphatic hydroxyl groups excluding tert-OH is 1. The van der Waals surface area contributed by atoms with Crippen molar-refractivity contribution in [1.82, 2.24) is 0 Å². The Morgan fingerprint density at radius 3 is 2.19 bits per heavy atom. The van der Waals surface area contributed by atoms with E-state index in [1.54, 1.807) is 0 Å². The molecule has 2 atom stereocenters. The summed E-state index contributed by atoms with van der Waals surface area (Å²) in [5.74, 6) is 0. The highest BCUT2D eigenvalue weighted by Gasteiger charge is 2.17. The van der Waals surface area contributed by atoms with Crippen LogP contribution in [-0.2, 0) is 10.0 Å². The van der Waals surface area contributed by atoms with Gasteiger partial charge in [-0.2, -0.15) is 0 Å². The second-order valence-corrected chi connectivity index (χ2v) is 4.94. The van der Waals surface area contributed by atoms with E-state index in [0.29, 0.717) is 5.56 Å². The number of hydrogen-bond donors (Lipinski definition) is 3. The molecule has 1 rings (SSSR count). The third-order valence-corrected chi connectivity index (χ3v) is 3.06. The van der Waals surface area contributed by atoms with Gasteiger partial charge in [0.25, 0.3) is 0 Å². The molecule has 0 heterocycles. The smallest absolute Gasteiger partial charge is 0.238 e. The van der Waals surface area contributed by atoms with Crippen molar-refractivity contribution in [2.45, 2.75) is 17.0 Å². The minimum Gasteiger partial charge on any atom is -0.387 e. The quantitative estimate of drug-likeness (QED) is 0.677. The van der Waals surface area contributed by atoms with Crippen LogP contribution in [0, 0.1) is 0 Å². The molecule has 0 radical (unpaired) electrons. The van der Waals surface area contributed by atoms with Crippen molar-refractivity contribution in [2.24, 2.45) is 10.9 Å². The van der Waals surface area contributed by atoms with E-state index in [-0.39, 0.29) is 4.90 Å². The van der Waals surface area contributed by atoms with Gasteiger partial charge in [0, 0.05) is 0 Å². The fourth-order valence-corrected chi connectivity index (χ4v) is 1.70. The van der Waals surface area contributed by atoms with Gasteiger partial charge in [-0.25, -0.2) is 17.9 Å². The Kier molecular flexibility index (Phi) is 3.98. The van der Waals surface area contributed by atoms with Gasteiger partial charge in [-0.1, -0.05) is 12.1 Å². The summed E-state index contributed by atoms with van der Waals surface area (Å²) in [6.07, 6.45) is -1.17. The number of nitrogens with two attached hydrogens (primary N) is 2. The summed E-state index contributed by atoms with van der Waals surface area (Å²) in [5.41, 5.74) is 5.65. The average Bonchev–Trinajstić information content (AvgIpc) is 2.26. The first-order valence-electron chi connectivity index (χ1n) is 4.48. The Balaban J connectivity index is 2.96. The Labute approximate surface area is 92.9 Å². The zero-order chi connectivity index (χ0) is 12.3. The van der Waals surface area contributed by atoms with Crippen LogP contribution >= 0.6 is 0 Å². The van der Waals surface area contributed by atoms with Gasteiger partial charge in [-0.05, 0) is 17.7 Å². The fourth-order valence-electron chi connectivity index (χ4n) is 1.19. The number of aliphatic hydroxyl groups is 1. The van der Waals surface area contributed by atoms with Gasteiger partial charge in [-0.15, -0.1) is 0 Å². The van der Waals surface area contributed by atoms with Crippen LogP contribution in [-0.4, -0.2) is 26.2 Å². The topological polar surface area (TPSA) is 106 Å². The summed E-state index contributed by atoms with van der Waals surface area (Å²) < 4.78 is 34.1. The van der Waals surface area contributed by atoms with E-state index < -0.39 is 28.8 Å². The fraction of sp³-hybridized carbons (Fsp3) is 0.333. The van der Waals surface area contributed by atoms with Crippen molar-refractivity contribution in [1.29, 1.82) is 0 Å². The molecule has 0 saturated carbocycles. The van der Waals surface area contributed by atoms with Gasteiger partial charge in [0.05, 0.1) is 17.0 Å². The first kappa shape index (κ1) is 13.0. The molecule has 0 aliphatic carbocycles. The molecule has 0 amide bonds. The number of rotatable bonds is 4. The zero-order valence-electron chi connectivity index (χ0n) is 8.38. The van der Waals surface area contributed by atoms with E-state index in [1.807, 2.05) is 0 Å². The van der Waals surface area contributed by atoms with Crippen molar-refractivity contribution in [3.05, 3.63) is 29.8 Å². The minimum atomic E-state index is -3.76. The lowest BCUT2D eigenvalue weighted by Gasteiger charge is -2.16. The molecular weight excluding hydrogens is 235 g/mol. The molecule has 0 aliphatic rings. The molecule has 5 nitrogen and oxygen atoms in total. The molecule has 0 aromatic heterocycles. The van der Waals surface area contributed by atoms with Gasteiger partial charge < -0.3 is 10.8 Å². The van der Waals surface area contributed by atoms with E-state index >= 15 is 0 Å². The third-order valence-electron chi connectivity index (χ3n) is 2.13. The highest BCUT2D eigenvalue weighted by molar-refractivity contribution is 7.89. The molecule has 1 aromatic carbocycles. The number of halogens is 1. The summed E-state index contributed by atoms with van der Waals surface area (Å²) in [4.78, 5) is -0.0720. The van der Waals surface area contributed by atoms with E-state index in [2.05, 4.69) is 0 Å². The van der Waals surface area contributed by atoms with Crippen LogP contribution in [0.25, 0.3) is 0 Å². The van der Waals surface area contributed by atoms with E-state index in [4.69, 9.17) is 10.9 Å². The highest BCUT2D eigenvalue weighted by atomic mass is 32.2. The zero-order valence-corrected chi connectivity index (χ0v) is 9.19. The molecule has 1 aromatic rings. The van der Waals surface area contributed by atoms with Crippen LogP contribution in [0.4, 0.5) is 4.39 Å². The third kappa shape index (κ3) is 2.99. The largest absolute Gasteiger partial charge is 0.387 e. The first-order valence-corrected chi connectivity index (χ1v) is 6.03. The second-order valence-electron chi connectivity index (χ2n) is 3.38. The van der Waals surface area contributed by atoms with Gasteiger partial charge in [0.15, 0.2) is 0 Å². The van der Waals surface area contributed by atoms with Crippen LogP contribution in [0.15, 0.2) is 29.2 Å². The van der Waals surface area contributed by atoms with Crippen molar-refractivity contribution in [3.63, 3.8) is 0 Å². The second kappa shape index (κ2) is 4.88. The standard InChI is InChI=1S/C9H13FN2O3S/c10-5-8(11)9(13)6-1-3-7(4-2-6)16(12,14)15/h1-4,8-9,13H,5,11H2,(H2,12,14,15)/t8-,9-/m1/s1. The molecule has 0 aliphatic heterocycles. The normalized spacial score (nSPS) is 15.8. The van der Waals surface area contributed by atoms with Crippen molar-refractivity contribution >= 4 is 10.0 Å². The maximum Gasteiger partial charge on any atom is 0.238 e. The van der Waals surface area contributed by atoms with Crippen LogP contribution in [0.5, 0.6) is 0 Å². The SMILES string of the molecule is N[C@H](CF)[C@H](O)c1ccc(S(N)(=O)=O)cc1. The summed E-state index contributed by atoms with van der Waals surface area (Å²) in [6, 6.07) is 4.14. The minimum absolute atomic E-state index is 0.0720. The van der Waals surface area contributed by atoms with Gasteiger partial charge in [0.2, 0.25) is 10.0 Å². The Hall–Kier alpha value is -1.02. The van der Waals surface area contributed by atoms with Gasteiger partial charge in [-0.3, -0.25) is 0 Å². The van der Waals surface area contributed by atoms with E-state index in [9.17, 15) is 17.9 Å². The molecule has 0 spiro atoms. The molecule has 0 saturated heterocycles. The molecule has 0 fully saturated rings. The molecule has 90 valence electrons. The predicted octanol–water partition coefficient (Wildman–Crippen LogP) is -0.336. The molecule has 16 heavy (non-hydrogen) atoms. The number of benzene rings is 1. The van der Waals surface area contributed by atoms with Crippen LogP contribution in [0.3, 0.4) is 0 Å². The van der Waals surface area contributed by atoms with Crippen molar-refractivity contribution in [2.75, 3.05) is 6.67 Å². The van der Waals surface area contributed by atoms with Crippen LogP contribution < -0.4 is 10.9 Å². The first-order chi connectivity index (χ1) is 7.36. The lowest BCUT2D eigenvalue weighted by molar-refractivity contribution is 0.132. The maximum atomic E-state index is 12.2. The number of sulfonamides is 1. The van der Waals surface area contributed by atoms with Gasteiger partial charge in [0.1, 0.15) is 6.67 Å². The Morgan fingerprint density at radius 1 is 1.31 bits per heavy atom. The van der Waals surface area contributed by atoms with E-state index in [1.165, 1.54) is 24.3 Å². The van der Waals surface area contributed by atoms with Crippen molar-refractivity contribution < 1.29 is 17.9 Å². The molecule has 0 unspecified atom stereocenters. The summed E-state index contributed by atoms with van der Waals surface area (Å²) in [5, 5.41) is 14.4. The van der Waals surface area contributed by atoms with Gasteiger partial charge >= 0.3 is 0 Å². The van der Waals surface area contributed by atoms with Crippen LogP contribution in [0.1, 0.15) is 11.7 Å². The molecular formula is C9H13FN2O3S. The predicted molar refractivity (Wildman–Crippen MR) is 56.7 cm³/mol. The summed E-state index contributed by atoms with van der Waals surface area (Å²) in [6.45, 7) is -0.863. The Morgan fingerprint density at radius 2 is 1.81 bits per heavy atom. The van der Waals surface area contributed by atoms with Crippen molar-refractivity contribution in [3.8, 4) is 0 Å². The number of primary sulfonamides is 1. The maximum absolute atomic E-state index is 12.2. The molecule has 5 N–H and O–H groups in total. The monoisotopic (exact) mass is 248 g/mol. The average molecular weight is 248 g/mol. The number of alkyl halides is 1. The summed E-state index contributed by atoms with van der Waals surface area (Å²) >= 11 is 0. The highest BCUT2D eigenvalue weighted by Crippen LogP contribution is 2.18. The lowest BCUT2D eigenvalue weighted by Crippen LogP contribution is -2.30. The summed E-state index contributed by atoms with van der Waals surface area (Å²) in [7, 11) is -3.76. The molecule has 0 bridgehead atoms.